The number of furan rings is 1. The Morgan fingerprint density at radius 1 is 1.47 bits per heavy atom. The number of carboxylic acids is 1. The van der Waals surface area contributed by atoms with Crippen molar-refractivity contribution in [2.75, 3.05) is 26.2 Å². The summed E-state index contributed by atoms with van der Waals surface area (Å²) in [6.45, 7) is 7.29. The normalized spacial score (nSPS) is 17.7. The third-order valence-electron chi connectivity index (χ3n) is 3.76. The number of rotatable bonds is 6. The van der Waals surface area contributed by atoms with Crippen LogP contribution in [0.1, 0.15) is 36.1 Å². The van der Waals surface area contributed by atoms with Crippen molar-refractivity contribution in [3.8, 4) is 0 Å². The van der Waals surface area contributed by atoms with E-state index in [2.05, 4.69) is 17.1 Å². The fourth-order valence-corrected chi connectivity index (χ4v) is 2.49. The number of nitrogens with one attached hydrogen (secondary N) is 1. The van der Waals surface area contributed by atoms with Gasteiger partial charge in [0.25, 0.3) is 0 Å². The van der Waals surface area contributed by atoms with E-state index in [9.17, 15) is 4.79 Å². The summed E-state index contributed by atoms with van der Waals surface area (Å²) in [5.74, 6) is 0.395. The van der Waals surface area contributed by atoms with Gasteiger partial charge in [0, 0.05) is 0 Å². The second-order valence-electron chi connectivity index (χ2n) is 5.08. The zero-order chi connectivity index (χ0) is 13.7. The highest BCUT2D eigenvalue weighted by Crippen LogP contribution is 2.16. The monoisotopic (exact) mass is 266 g/mol. The molecule has 0 aliphatic carbocycles. The molecular weight excluding hydrogens is 244 g/mol. The van der Waals surface area contributed by atoms with Crippen molar-refractivity contribution in [3.05, 3.63) is 23.7 Å². The number of nitrogens with zero attached hydrogens (tertiary/aromatic N) is 1. The Morgan fingerprint density at radius 3 is 2.79 bits per heavy atom. The largest absolute Gasteiger partial charge is 0.475 e. The van der Waals surface area contributed by atoms with E-state index in [1.807, 2.05) is 0 Å². The summed E-state index contributed by atoms with van der Waals surface area (Å²) >= 11 is 0. The molecule has 0 radical (unpaired) electrons. The van der Waals surface area contributed by atoms with Gasteiger partial charge in [0.1, 0.15) is 5.76 Å². The van der Waals surface area contributed by atoms with Crippen LogP contribution in [0.15, 0.2) is 16.5 Å². The average Bonchev–Trinajstić information content (AvgIpc) is 2.89. The van der Waals surface area contributed by atoms with Gasteiger partial charge in [0.15, 0.2) is 0 Å². The zero-order valence-corrected chi connectivity index (χ0v) is 11.4. The van der Waals surface area contributed by atoms with E-state index in [0.717, 1.165) is 19.0 Å². The van der Waals surface area contributed by atoms with Gasteiger partial charge in [-0.3, -0.25) is 0 Å². The van der Waals surface area contributed by atoms with Gasteiger partial charge >= 0.3 is 5.97 Å². The molecule has 0 bridgehead atoms. The van der Waals surface area contributed by atoms with Gasteiger partial charge in [-0.1, -0.05) is 6.92 Å². The van der Waals surface area contributed by atoms with Gasteiger partial charge in [-0.2, -0.15) is 0 Å². The topological polar surface area (TPSA) is 65.7 Å². The molecular formula is C14H22N2O3. The molecule has 19 heavy (non-hydrogen) atoms. The van der Waals surface area contributed by atoms with Crippen molar-refractivity contribution < 1.29 is 14.3 Å². The first kappa shape index (κ1) is 14.1. The third kappa shape index (κ3) is 4.08. The van der Waals surface area contributed by atoms with Crippen LogP contribution >= 0.6 is 0 Å². The molecule has 0 unspecified atom stereocenters. The number of carboxylic acid groups (broad SMARTS) is 1. The third-order valence-corrected chi connectivity index (χ3v) is 3.76. The Labute approximate surface area is 113 Å². The minimum absolute atomic E-state index is 0.00746. The van der Waals surface area contributed by atoms with E-state index in [-0.39, 0.29) is 5.76 Å². The van der Waals surface area contributed by atoms with E-state index in [0.29, 0.717) is 12.3 Å². The van der Waals surface area contributed by atoms with E-state index in [1.165, 1.54) is 32.0 Å². The van der Waals surface area contributed by atoms with Crippen molar-refractivity contribution in [1.29, 1.82) is 0 Å². The van der Waals surface area contributed by atoms with Crippen LogP contribution in [-0.2, 0) is 6.54 Å². The highest BCUT2D eigenvalue weighted by molar-refractivity contribution is 5.84. The van der Waals surface area contributed by atoms with Gasteiger partial charge in [0.2, 0.25) is 5.76 Å². The fourth-order valence-electron chi connectivity index (χ4n) is 2.49. The molecule has 1 aromatic rings. The molecule has 1 aromatic heterocycles. The first-order chi connectivity index (χ1) is 9.19. The molecule has 5 heteroatoms. The molecule has 5 nitrogen and oxygen atoms in total. The quantitative estimate of drug-likeness (QED) is 0.822. The van der Waals surface area contributed by atoms with Gasteiger partial charge in [-0.25, -0.2) is 4.79 Å². The summed E-state index contributed by atoms with van der Waals surface area (Å²) in [4.78, 5) is 13.2. The van der Waals surface area contributed by atoms with E-state index in [1.54, 1.807) is 6.07 Å². The van der Waals surface area contributed by atoms with Crippen molar-refractivity contribution in [2.24, 2.45) is 5.92 Å². The first-order valence-electron chi connectivity index (χ1n) is 6.94. The van der Waals surface area contributed by atoms with Crippen molar-refractivity contribution in [1.82, 2.24) is 10.2 Å². The lowest BCUT2D eigenvalue weighted by Crippen LogP contribution is -2.36. The number of piperidine rings is 1. The molecule has 0 spiro atoms. The van der Waals surface area contributed by atoms with Crippen LogP contribution < -0.4 is 5.32 Å². The molecule has 1 aliphatic heterocycles. The lowest BCUT2D eigenvalue weighted by molar-refractivity contribution is 0.0660. The van der Waals surface area contributed by atoms with Gasteiger partial charge in [0.05, 0.1) is 6.54 Å². The maximum absolute atomic E-state index is 10.7. The van der Waals surface area contributed by atoms with Crippen LogP contribution in [0.25, 0.3) is 0 Å². The number of aromatic carboxylic acids is 1. The number of hydrogen-bond donors (Lipinski definition) is 2. The van der Waals surface area contributed by atoms with Crippen LogP contribution in [0, 0.1) is 5.92 Å². The highest BCUT2D eigenvalue weighted by atomic mass is 16.4. The Bertz CT molecular complexity index is 409. The summed E-state index contributed by atoms with van der Waals surface area (Å²) in [6.07, 6.45) is 2.47. The fraction of sp³-hybridized carbons (Fsp3) is 0.643. The summed E-state index contributed by atoms with van der Waals surface area (Å²) in [5.41, 5.74) is 0. The Balaban J connectivity index is 1.67. The van der Waals surface area contributed by atoms with Crippen molar-refractivity contribution >= 4 is 5.97 Å². The summed E-state index contributed by atoms with van der Waals surface area (Å²) in [6, 6.07) is 3.22. The van der Waals surface area contributed by atoms with Crippen LogP contribution in [-0.4, -0.2) is 42.2 Å². The SMILES string of the molecule is CCN1CCC(CNCc2ccc(C(=O)O)o2)CC1. The highest BCUT2D eigenvalue weighted by Gasteiger charge is 2.17. The van der Waals surface area contributed by atoms with Crippen LogP contribution in [0.4, 0.5) is 0 Å². The van der Waals surface area contributed by atoms with E-state index in [4.69, 9.17) is 9.52 Å². The van der Waals surface area contributed by atoms with Crippen LogP contribution in [0.3, 0.4) is 0 Å². The standard InChI is InChI=1S/C14H22N2O3/c1-2-16-7-5-11(6-8-16)9-15-10-12-3-4-13(19-12)14(17)18/h3-4,11,15H,2,5-10H2,1H3,(H,17,18). The summed E-state index contributed by atoms with van der Waals surface area (Å²) in [7, 11) is 0. The van der Waals surface area contributed by atoms with Gasteiger partial charge in [-0.05, 0) is 57.1 Å². The number of likely N-dealkylation sites (tertiary alicyclic amines) is 1. The predicted octanol–water partition coefficient (Wildman–Crippen LogP) is 1.80. The Kier molecular flexibility index (Phi) is 4.99. The molecule has 2 heterocycles. The number of hydrogen-bond acceptors (Lipinski definition) is 4. The summed E-state index contributed by atoms with van der Waals surface area (Å²) < 4.78 is 5.20. The zero-order valence-electron chi connectivity index (χ0n) is 11.4. The Morgan fingerprint density at radius 2 is 2.21 bits per heavy atom. The van der Waals surface area contributed by atoms with Crippen LogP contribution in [0.5, 0.6) is 0 Å². The van der Waals surface area contributed by atoms with Crippen molar-refractivity contribution in [3.63, 3.8) is 0 Å². The minimum Gasteiger partial charge on any atom is -0.475 e. The minimum atomic E-state index is -1.02. The van der Waals surface area contributed by atoms with Crippen molar-refractivity contribution in [2.45, 2.75) is 26.3 Å². The van der Waals surface area contributed by atoms with Gasteiger partial charge < -0.3 is 19.7 Å². The second-order valence-corrected chi connectivity index (χ2v) is 5.08. The summed E-state index contributed by atoms with van der Waals surface area (Å²) in [5, 5.41) is 12.1. The van der Waals surface area contributed by atoms with Gasteiger partial charge in [-0.15, -0.1) is 0 Å². The van der Waals surface area contributed by atoms with Crippen LogP contribution in [0.2, 0.25) is 0 Å². The molecule has 0 amide bonds. The molecule has 1 fully saturated rings. The van der Waals surface area contributed by atoms with E-state index >= 15 is 0 Å². The molecule has 1 saturated heterocycles. The molecule has 106 valence electrons. The number of carbonyl (C=O) groups is 1. The molecule has 1 aliphatic rings. The average molecular weight is 266 g/mol. The maximum Gasteiger partial charge on any atom is 0.371 e. The lowest BCUT2D eigenvalue weighted by atomic mass is 9.97. The lowest BCUT2D eigenvalue weighted by Gasteiger charge is -2.31. The molecule has 0 aromatic carbocycles. The second kappa shape index (κ2) is 6.73. The smallest absolute Gasteiger partial charge is 0.371 e. The molecule has 0 saturated carbocycles. The molecule has 0 atom stereocenters. The Hall–Kier alpha value is -1.33. The molecule has 2 rings (SSSR count). The first-order valence-corrected chi connectivity index (χ1v) is 6.94. The molecule has 2 N–H and O–H groups in total. The maximum atomic E-state index is 10.7. The predicted molar refractivity (Wildman–Crippen MR) is 72.2 cm³/mol. The van der Waals surface area contributed by atoms with E-state index < -0.39 is 5.97 Å².